The third-order valence-electron chi connectivity index (χ3n) is 3.34. The lowest BCUT2D eigenvalue weighted by Crippen LogP contribution is -2.11. The van der Waals surface area contributed by atoms with E-state index >= 15 is 0 Å². The monoisotopic (exact) mass is 299 g/mol. The number of nitrogens with zero attached hydrogens (tertiary/aromatic N) is 1. The van der Waals surface area contributed by atoms with E-state index in [2.05, 4.69) is 0 Å². The number of hydrogen-bond donors (Lipinski definition) is 0. The second-order valence-corrected chi connectivity index (χ2v) is 4.95. The molecule has 0 fully saturated rings. The van der Waals surface area contributed by atoms with Crippen molar-refractivity contribution in [2.75, 3.05) is 6.61 Å². The number of esters is 1. The fraction of sp³-hybridized carbons (Fsp3) is 0.235. The van der Waals surface area contributed by atoms with Gasteiger partial charge in [-0.05, 0) is 30.9 Å². The fourth-order valence-corrected chi connectivity index (χ4v) is 2.23. The van der Waals surface area contributed by atoms with Crippen molar-refractivity contribution in [1.82, 2.24) is 0 Å². The van der Waals surface area contributed by atoms with Gasteiger partial charge in [-0.15, -0.1) is 0 Å². The van der Waals surface area contributed by atoms with Gasteiger partial charge in [-0.2, -0.15) is 0 Å². The molecule has 0 radical (unpaired) electrons. The minimum atomic E-state index is -0.641. The van der Waals surface area contributed by atoms with Crippen LogP contribution in [0, 0.1) is 17.0 Å². The van der Waals surface area contributed by atoms with Crippen LogP contribution in [-0.2, 0) is 11.2 Å². The zero-order valence-corrected chi connectivity index (χ0v) is 12.3. The smallest absolute Gasteiger partial charge is 0.345 e. The molecule has 0 amide bonds. The third-order valence-corrected chi connectivity index (χ3v) is 3.34. The Balaban J connectivity index is 1.94. The zero-order valence-electron chi connectivity index (χ0n) is 12.3. The Kier molecular flexibility index (Phi) is 5.25. The normalized spacial score (nSPS) is 10.2. The predicted molar refractivity (Wildman–Crippen MR) is 82.9 cm³/mol. The molecule has 2 aromatic rings. The van der Waals surface area contributed by atoms with Gasteiger partial charge in [0.2, 0.25) is 0 Å². The number of ether oxygens (including phenoxy) is 1. The highest BCUT2D eigenvalue weighted by molar-refractivity contribution is 5.95. The summed E-state index contributed by atoms with van der Waals surface area (Å²) in [6, 6.07) is 14.4. The summed E-state index contributed by atoms with van der Waals surface area (Å²) in [4.78, 5) is 22.5. The van der Waals surface area contributed by atoms with E-state index in [1.165, 1.54) is 11.6 Å². The van der Waals surface area contributed by atoms with E-state index in [1.807, 2.05) is 30.3 Å². The standard InChI is InChI=1S/C17H17NO4/c1-13-7-5-11-15(18(20)21)16(13)17(19)22-12-6-10-14-8-3-2-4-9-14/h2-5,7-9,11H,6,10,12H2,1H3. The first kappa shape index (κ1) is 15.7. The van der Waals surface area contributed by atoms with Crippen molar-refractivity contribution in [3.63, 3.8) is 0 Å². The molecule has 5 nitrogen and oxygen atoms in total. The molecule has 0 bridgehead atoms. The van der Waals surface area contributed by atoms with Gasteiger partial charge in [0.15, 0.2) is 0 Å². The largest absolute Gasteiger partial charge is 0.462 e. The zero-order chi connectivity index (χ0) is 15.9. The highest BCUT2D eigenvalue weighted by Gasteiger charge is 2.23. The lowest BCUT2D eigenvalue weighted by Gasteiger charge is -2.07. The van der Waals surface area contributed by atoms with Gasteiger partial charge in [-0.3, -0.25) is 10.1 Å². The minimum absolute atomic E-state index is 0.0345. The lowest BCUT2D eigenvalue weighted by molar-refractivity contribution is -0.385. The summed E-state index contributed by atoms with van der Waals surface area (Å²) in [5, 5.41) is 11.0. The van der Waals surface area contributed by atoms with E-state index in [0.717, 1.165) is 6.42 Å². The molecule has 0 aliphatic rings. The molecule has 0 atom stereocenters. The fourth-order valence-electron chi connectivity index (χ4n) is 2.23. The van der Waals surface area contributed by atoms with Crippen molar-refractivity contribution in [1.29, 1.82) is 0 Å². The maximum Gasteiger partial charge on any atom is 0.345 e. The molecular weight excluding hydrogens is 282 g/mol. The molecule has 0 aliphatic heterocycles. The van der Waals surface area contributed by atoms with Crippen molar-refractivity contribution in [2.24, 2.45) is 0 Å². The number of rotatable bonds is 6. The van der Waals surface area contributed by atoms with Crippen LogP contribution in [0.5, 0.6) is 0 Å². The average molecular weight is 299 g/mol. The van der Waals surface area contributed by atoms with Crippen LogP contribution >= 0.6 is 0 Å². The quantitative estimate of drug-likeness (QED) is 0.353. The molecule has 0 heterocycles. The van der Waals surface area contributed by atoms with Crippen LogP contribution in [0.15, 0.2) is 48.5 Å². The first-order valence-corrected chi connectivity index (χ1v) is 7.04. The Bertz CT molecular complexity index is 668. The van der Waals surface area contributed by atoms with Crippen molar-refractivity contribution in [2.45, 2.75) is 19.8 Å². The summed E-state index contributed by atoms with van der Waals surface area (Å²) in [6.07, 6.45) is 1.47. The number of hydrogen-bond acceptors (Lipinski definition) is 4. The van der Waals surface area contributed by atoms with Gasteiger partial charge in [0.1, 0.15) is 5.56 Å². The Morgan fingerprint density at radius 1 is 1.14 bits per heavy atom. The van der Waals surface area contributed by atoms with Gasteiger partial charge in [0.25, 0.3) is 5.69 Å². The summed E-state index contributed by atoms with van der Waals surface area (Å²) in [5.74, 6) is -0.641. The van der Waals surface area contributed by atoms with Crippen molar-refractivity contribution >= 4 is 11.7 Å². The summed E-state index contributed by atoms with van der Waals surface area (Å²) < 4.78 is 5.18. The molecule has 0 saturated heterocycles. The van der Waals surface area contributed by atoms with E-state index in [1.54, 1.807) is 19.1 Å². The molecular formula is C17H17NO4. The number of nitro groups is 1. The summed E-state index contributed by atoms with van der Waals surface area (Å²) in [5.41, 5.74) is 1.53. The first-order chi connectivity index (χ1) is 10.6. The maximum atomic E-state index is 12.1. The molecule has 22 heavy (non-hydrogen) atoms. The molecule has 2 aromatic carbocycles. The second-order valence-electron chi connectivity index (χ2n) is 4.95. The van der Waals surface area contributed by atoms with Crippen LogP contribution in [0.4, 0.5) is 5.69 Å². The molecule has 0 saturated carbocycles. The van der Waals surface area contributed by atoms with Gasteiger partial charge < -0.3 is 4.74 Å². The second kappa shape index (κ2) is 7.36. The first-order valence-electron chi connectivity index (χ1n) is 7.04. The van der Waals surface area contributed by atoms with Gasteiger partial charge in [-0.1, -0.05) is 42.5 Å². The molecule has 0 aromatic heterocycles. The number of benzene rings is 2. The molecule has 2 rings (SSSR count). The van der Waals surface area contributed by atoms with Crippen LogP contribution < -0.4 is 0 Å². The topological polar surface area (TPSA) is 69.4 Å². The predicted octanol–water partition coefficient (Wildman–Crippen LogP) is 3.69. The number of aryl methyl sites for hydroxylation is 2. The molecule has 0 unspecified atom stereocenters. The van der Waals surface area contributed by atoms with Gasteiger partial charge in [0.05, 0.1) is 11.5 Å². The number of nitro benzene ring substituents is 1. The highest BCUT2D eigenvalue weighted by atomic mass is 16.6. The Hall–Kier alpha value is -2.69. The van der Waals surface area contributed by atoms with E-state index in [0.29, 0.717) is 12.0 Å². The molecule has 0 aliphatic carbocycles. The minimum Gasteiger partial charge on any atom is -0.462 e. The van der Waals surface area contributed by atoms with Crippen molar-refractivity contribution < 1.29 is 14.5 Å². The van der Waals surface area contributed by atoms with Gasteiger partial charge in [-0.25, -0.2) is 4.79 Å². The lowest BCUT2D eigenvalue weighted by atomic mass is 10.1. The Labute approximate surface area is 128 Å². The van der Waals surface area contributed by atoms with E-state index in [-0.39, 0.29) is 17.9 Å². The number of carbonyl (C=O) groups excluding carboxylic acids is 1. The van der Waals surface area contributed by atoms with Crippen LogP contribution in [0.3, 0.4) is 0 Å². The average Bonchev–Trinajstić information content (AvgIpc) is 2.52. The van der Waals surface area contributed by atoms with Crippen LogP contribution in [0.25, 0.3) is 0 Å². The van der Waals surface area contributed by atoms with Crippen molar-refractivity contribution in [3.05, 3.63) is 75.3 Å². The van der Waals surface area contributed by atoms with E-state index in [9.17, 15) is 14.9 Å². The van der Waals surface area contributed by atoms with Crippen LogP contribution in [0.2, 0.25) is 0 Å². The summed E-state index contributed by atoms with van der Waals surface area (Å²) in [6.45, 7) is 1.90. The third kappa shape index (κ3) is 3.91. The van der Waals surface area contributed by atoms with Gasteiger partial charge >= 0.3 is 5.97 Å². The Morgan fingerprint density at radius 2 is 1.86 bits per heavy atom. The Morgan fingerprint density at radius 3 is 2.55 bits per heavy atom. The SMILES string of the molecule is Cc1cccc([N+](=O)[O-])c1C(=O)OCCCc1ccccc1. The molecule has 0 spiro atoms. The molecule has 5 heteroatoms. The van der Waals surface area contributed by atoms with Crippen molar-refractivity contribution in [3.8, 4) is 0 Å². The highest BCUT2D eigenvalue weighted by Crippen LogP contribution is 2.22. The van der Waals surface area contributed by atoms with Crippen LogP contribution in [0.1, 0.15) is 27.9 Å². The number of carbonyl (C=O) groups is 1. The van der Waals surface area contributed by atoms with Crippen LogP contribution in [-0.4, -0.2) is 17.5 Å². The summed E-state index contributed by atoms with van der Waals surface area (Å²) in [7, 11) is 0. The van der Waals surface area contributed by atoms with Gasteiger partial charge in [0, 0.05) is 6.07 Å². The molecule has 0 N–H and O–H groups in total. The summed E-state index contributed by atoms with van der Waals surface area (Å²) >= 11 is 0. The maximum absolute atomic E-state index is 12.1. The molecule has 114 valence electrons. The van der Waals surface area contributed by atoms with E-state index in [4.69, 9.17) is 4.74 Å². The van der Waals surface area contributed by atoms with E-state index < -0.39 is 10.9 Å².